The molecule has 2 heteroatoms. The highest BCUT2D eigenvalue weighted by atomic mass is 32.2. The number of hydrogen-bond donors (Lipinski definition) is 1. The molecule has 0 aliphatic carbocycles. The number of aryl methyl sites for hydroxylation is 1. The van der Waals surface area contributed by atoms with Crippen LogP contribution in [-0.2, 0) is 0 Å². The molecular formula is C14H23NS. The van der Waals surface area contributed by atoms with Crippen LogP contribution < -0.4 is 5.73 Å². The highest BCUT2D eigenvalue weighted by molar-refractivity contribution is 7.99. The number of rotatable bonds is 6. The Morgan fingerprint density at radius 1 is 1.19 bits per heavy atom. The van der Waals surface area contributed by atoms with Crippen molar-refractivity contribution >= 4 is 11.8 Å². The van der Waals surface area contributed by atoms with Crippen molar-refractivity contribution in [1.82, 2.24) is 0 Å². The Balaban J connectivity index is 2.29. The molecule has 2 N–H and O–H groups in total. The molecule has 1 rings (SSSR count). The van der Waals surface area contributed by atoms with Crippen molar-refractivity contribution in [2.24, 2.45) is 11.7 Å². The smallest absolute Gasteiger partial charge is 0.0386 e. The van der Waals surface area contributed by atoms with Crippen molar-refractivity contribution in [2.45, 2.75) is 33.2 Å². The van der Waals surface area contributed by atoms with Crippen LogP contribution in [0.5, 0.6) is 0 Å². The van der Waals surface area contributed by atoms with Crippen LogP contribution in [0.3, 0.4) is 0 Å². The zero-order valence-electron chi connectivity index (χ0n) is 10.6. The maximum absolute atomic E-state index is 6.14. The second kappa shape index (κ2) is 6.97. The minimum atomic E-state index is 0.178. The quantitative estimate of drug-likeness (QED) is 0.762. The van der Waals surface area contributed by atoms with Gasteiger partial charge in [0, 0.05) is 11.8 Å². The minimum Gasteiger partial charge on any atom is -0.323 e. The molecule has 1 aromatic carbocycles. The van der Waals surface area contributed by atoms with Crippen LogP contribution in [0.2, 0.25) is 0 Å². The number of hydrogen-bond acceptors (Lipinski definition) is 2. The van der Waals surface area contributed by atoms with Gasteiger partial charge in [0.1, 0.15) is 0 Å². The van der Waals surface area contributed by atoms with E-state index in [0.717, 1.165) is 11.7 Å². The van der Waals surface area contributed by atoms with Gasteiger partial charge in [-0.15, -0.1) is 0 Å². The first-order valence-corrected chi connectivity index (χ1v) is 7.15. The van der Waals surface area contributed by atoms with Crippen molar-refractivity contribution in [3.63, 3.8) is 0 Å². The molecule has 0 radical (unpaired) electrons. The maximum Gasteiger partial charge on any atom is 0.0386 e. The van der Waals surface area contributed by atoms with Gasteiger partial charge in [-0.1, -0.05) is 43.7 Å². The molecule has 90 valence electrons. The van der Waals surface area contributed by atoms with Gasteiger partial charge in [0.15, 0.2) is 0 Å². The molecule has 0 saturated heterocycles. The van der Waals surface area contributed by atoms with E-state index in [0.29, 0.717) is 0 Å². The summed E-state index contributed by atoms with van der Waals surface area (Å²) >= 11 is 1.96. The van der Waals surface area contributed by atoms with Crippen molar-refractivity contribution in [3.05, 3.63) is 35.4 Å². The molecule has 0 bridgehead atoms. The van der Waals surface area contributed by atoms with E-state index < -0.39 is 0 Å². The minimum absolute atomic E-state index is 0.178. The standard InChI is InChI=1S/C14H23NS/c1-11(2)8-9-16-10-14(15)13-6-4-12(3)5-7-13/h4-7,11,14H,8-10,15H2,1-3H3. The fraction of sp³-hybridized carbons (Fsp3) is 0.571. The first-order valence-electron chi connectivity index (χ1n) is 5.99. The van der Waals surface area contributed by atoms with Crippen LogP contribution in [0.4, 0.5) is 0 Å². The Hall–Kier alpha value is -0.470. The van der Waals surface area contributed by atoms with E-state index in [4.69, 9.17) is 5.73 Å². The lowest BCUT2D eigenvalue weighted by molar-refractivity contribution is 0.631. The summed E-state index contributed by atoms with van der Waals surface area (Å²) in [6.45, 7) is 6.63. The Morgan fingerprint density at radius 3 is 2.38 bits per heavy atom. The van der Waals surface area contributed by atoms with E-state index >= 15 is 0 Å². The molecule has 0 fully saturated rings. The molecular weight excluding hydrogens is 214 g/mol. The lowest BCUT2D eigenvalue weighted by Crippen LogP contribution is -2.13. The second-order valence-electron chi connectivity index (χ2n) is 4.77. The molecule has 1 unspecified atom stereocenters. The van der Waals surface area contributed by atoms with Crippen LogP contribution in [0.15, 0.2) is 24.3 Å². The van der Waals surface area contributed by atoms with Gasteiger partial charge in [-0.2, -0.15) is 11.8 Å². The molecule has 0 amide bonds. The van der Waals surface area contributed by atoms with Crippen LogP contribution in [0.1, 0.15) is 37.4 Å². The molecule has 0 spiro atoms. The van der Waals surface area contributed by atoms with Gasteiger partial charge in [0.25, 0.3) is 0 Å². The van der Waals surface area contributed by atoms with Gasteiger partial charge in [0.2, 0.25) is 0 Å². The van der Waals surface area contributed by atoms with Gasteiger partial charge in [-0.05, 0) is 30.6 Å². The largest absolute Gasteiger partial charge is 0.323 e. The van der Waals surface area contributed by atoms with Crippen LogP contribution in [-0.4, -0.2) is 11.5 Å². The number of thioether (sulfide) groups is 1. The predicted molar refractivity (Wildman–Crippen MR) is 74.9 cm³/mol. The summed E-state index contributed by atoms with van der Waals surface area (Å²) in [5.41, 5.74) is 8.69. The summed E-state index contributed by atoms with van der Waals surface area (Å²) in [5.74, 6) is 3.04. The molecule has 1 atom stereocenters. The van der Waals surface area contributed by atoms with Crippen molar-refractivity contribution in [3.8, 4) is 0 Å². The van der Waals surface area contributed by atoms with Crippen LogP contribution >= 0.6 is 11.8 Å². The maximum atomic E-state index is 6.14. The third-order valence-corrected chi connectivity index (χ3v) is 3.76. The zero-order valence-corrected chi connectivity index (χ0v) is 11.4. The summed E-state index contributed by atoms with van der Waals surface area (Å²) in [6, 6.07) is 8.73. The SMILES string of the molecule is Cc1ccc(C(N)CSCCC(C)C)cc1. The Kier molecular flexibility index (Phi) is 5.93. The van der Waals surface area contributed by atoms with Crippen molar-refractivity contribution in [2.75, 3.05) is 11.5 Å². The van der Waals surface area contributed by atoms with E-state index in [1.807, 2.05) is 11.8 Å². The van der Waals surface area contributed by atoms with E-state index in [9.17, 15) is 0 Å². The highest BCUT2D eigenvalue weighted by Gasteiger charge is 2.05. The normalized spacial score (nSPS) is 13.1. The fourth-order valence-electron chi connectivity index (χ4n) is 1.44. The topological polar surface area (TPSA) is 26.0 Å². The molecule has 0 aliphatic rings. The summed E-state index contributed by atoms with van der Waals surface area (Å²) in [7, 11) is 0. The van der Waals surface area contributed by atoms with Gasteiger partial charge in [0.05, 0.1) is 0 Å². The van der Waals surface area contributed by atoms with Gasteiger partial charge < -0.3 is 5.73 Å². The molecule has 16 heavy (non-hydrogen) atoms. The Morgan fingerprint density at radius 2 is 1.81 bits per heavy atom. The summed E-state index contributed by atoms with van der Waals surface area (Å²) in [5, 5.41) is 0. The van der Waals surface area contributed by atoms with Gasteiger partial charge in [-0.3, -0.25) is 0 Å². The summed E-state index contributed by atoms with van der Waals surface area (Å²) in [4.78, 5) is 0. The van der Waals surface area contributed by atoms with E-state index in [1.54, 1.807) is 0 Å². The van der Waals surface area contributed by atoms with Crippen LogP contribution in [0.25, 0.3) is 0 Å². The molecule has 0 heterocycles. The highest BCUT2D eigenvalue weighted by Crippen LogP contribution is 2.18. The lowest BCUT2D eigenvalue weighted by atomic mass is 10.1. The first-order chi connectivity index (χ1) is 7.59. The molecule has 1 nitrogen and oxygen atoms in total. The van der Waals surface area contributed by atoms with Crippen LogP contribution in [0, 0.1) is 12.8 Å². The Bertz CT molecular complexity index is 292. The van der Waals surface area contributed by atoms with E-state index in [-0.39, 0.29) is 6.04 Å². The average molecular weight is 237 g/mol. The number of benzene rings is 1. The summed E-state index contributed by atoms with van der Waals surface area (Å²) in [6.07, 6.45) is 1.28. The number of nitrogens with two attached hydrogens (primary N) is 1. The monoisotopic (exact) mass is 237 g/mol. The second-order valence-corrected chi connectivity index (χ2v) is 5.92. The van der Waals surface area contributed by atoms with Crippen molar-refractivity contribution < 1.29 is 0 Å². The lowest BCUT2D eigenvalue weighted by Gasteiger charge is -2.12. The third kappa shape index (κ3) is 5.04. The molecule has 0 aliphatic heterocycles. The fourth-order valence-corrected chi connectivity index (χ4v) is 2.69. The molecule has 0 aromatic heterocycles. The van der Waals surface area contributed by atoms with E-state index in [2.05, 4.69) is 45.0 Å². The molecule has 0 saturated carbocycles. The third-order valence-electron chi connectivity index (χ3n) is 2.64. The van der Waals surface area contributed by atoms with Gasteiger partial charge in [-0.25, -0.2) is 0 Å². The summed E-state index contributed by atoms with van der Waals surface area (Å²) < 4.78 is 0. The molecule has 1 aromatic rings. The predicted octanol–water partition coefficient (Wildman–Crippen LogP) is 3.77. The Labute approximate surface area is 104 Å². The zero-order chi connectivity index (χ0) is 12.0. The first kappa shape index (κ1) is 13.6. The van der Waals surface area contributed by atoms with Crippen molar-refractivity contribution in [1.29, 1.82) is 0 Å². The van der Waals surface area contributed by atoms with Gasteiger partial charge >= 0.3 is 0 Å². The van der Waals surface area contributed by atoms with E-state index in [1.165, 1.54) is 23.3 Å². The average Bonchev–Trinajstić information content (AvgIpc) is 2.25.